The summed E-state index contributed by atoms with van der Waals surface area (Å²) in [5, 5.41) is 8.80. The smallest absolute Gasteiger partial charge is 0.121 e. The van der Waals surface area contributed by atoms with Crippen LogP contribution < -0.4 is 0 Å². The molecule has 0 saturated heterocycles. The van der Waals surface area contributed by atoms with E-state index in [9.17, 15) is 0 Å². The van der Waals surface area contributed by atoms with Crippen molar-refractivity contribution in [2.24, 2.45) is 13.0 Å². The molecule has 3 nitrogen and oxygen atoms in total. The van der Waals surface area contributed by atoms with Crippen LogP contribution in [0.2, 0.25) is 0 Å². The Hall–Kier alpha value is -2.42. The van der Waals surface area contributed by atoms with Gasteiger partial charge in [0.25, 0.3) is 0 Å². The van der Waals surface area contributed by atoms with Crippen LogP contribution in [0.1, 0.15) is 44.7 Å². The van der Waals surface area contributed by atoms with E-state index in [4.69, 9.17) is 0 Å². The highest BCUT2D eigenvalue weighted by molar-refractivity contribution is 5.82. The topological polar surface area (TPSA) is 30.7 Å². The van der Waals surface area contributed by atoms with E-state index in [-0.39, 0.29) is 0 Å². The number of fused-ring (bicyclic) bond motifs is 5. The molecule has 0 aliphatic heterocycles. The molecular weight excluding hydrogens is 306 g/mol. The highest BCUT2D eigenvalue weighted by atomic mass is 15.4. The first-order valence-corrected chi connectivity index (χ1v) is 9.24. The maximum absolute atomic E-state index is 4.48. The van der Waals surface area contributed by atoms with Gasteiger partial charge in [-0.2, -0.15) is 0 Å². The van der Waals surface area contributed by atoms with Crippen molar-refractivity contribution in [2.75, 3.05) is 0 Å². The average Bonchev–Trinajstić information content (AvgIpc) is 3.01. The van der Waals surface area contributed by atoms with Crippen LogP contribution >= 0.6 is 0 Å². The molecule has 1 heterocycles. The number of benzene rings is 2. The van der Waals surface area contributed by atoms with Crippen molar-refractivity contribution < 1.29 is 0 Å². The summed E-state index contributed by atoms with van der Waals surface area (Å²) in [6, 6.07) is 17.4. The van der Waals surface area contributed by atoms with E-state index in [1.807, 2.05) is 25.6 Å². The first-order valence-electron chi connectivity index (χ1n) is 9.24. The molecule has 0 fully saturated rings. The fourth-order valence-electron chi connectivity index (χ4n) is 3.75. The number of aromatic nitrogens is 3. The maximum Gasteiger partial charge on any atom is 0.121 e. The Morgan fingerprint density at radius 3 is 2.32 bits per heavy atom. The Morgan fingerprint density at radius 1 is 0.960 bits per heavy atom. The summed E-state index contributed by atoms with van der Waals surface area (Å²) in [5.41, 5.74) is 7.38. The summed E-state index contributed by atoms with van der Waals surface area (Å²) in [6.07, 6.45) is 1.04. The van der Waals surface area contributed by atoms with E-state index in [0.717, 1.165) is 17.8 Å². The molecule has 4 rings (SSSR count). The van der Waals surface area contributed by atoms with Crippen LogP contribution in [-0.4, -0.2) is 15.0 Å². The van der Waals surface area contributed by atoms with Crippen molar-refractivity contribution in [3.8, 4) is 22.5 Å². The third-order valence-electron chi connectivity index (χ3n) is 4.96. The lowest BCUT2D eigenvalue weighted by atomic mass is 9.77. The van der Waals surface area contributed by atoms with Crippen LogP contribution in [-0.2, 0) is 13.5 Å². The fourth-order valence-corrected chi connectivity index (χ4v) is 3.75. The summed E-state index contributed by atoms with van der Waals surface area (Å²) < 4.78 is 1.91. The van der Waals surface area contributed by atoms with Crippen molar-refractivity contribution >= 4 is 0 Å². The molecular formula is C22H27N3. The van der Waals surface area contributed by atoms with Crippen LogP contribution in [0.3, 0.4) is 0 Å². The van der Waals surface area contributed by atoms with Crippen LogP contribution in [0.15, 0.2) is 48.5 Å². The normalized spacial score (nSPS) is 15.2. The van der Waals surface area contributed by atoms with Gasteiger partial charge in [0.2, 0.25) is 0 Å². The highest BCUT2D eigenvalue weighted by Gasteiger charge is 2.28. The lowest BCUT2D eigenvalue weighted by molar-refractivity contribution is 0.496. The zero-order valence-corrected chi connectivity index (χ0v) is 15.8. The average molecular weight is 333 g/mol. The number of aryl methyl sites for hydroxylation is 1. The molecule has 1 aliphatic carbocycles. The summed E-state index contributed by atoms with van der Waals surface area (Å²) in [4.78, 5) is 0. The Balaban J connectivity index is 0.000000880. The number of nitrogens with zero attached hydrogens (tertiary/aromatic N) is 3. The number of hydrogen-bond acceptors (Lipinski definition) is 2. The second-order valence-electron chi connectivity index (χ2n) is 6.71. The quantitative estimate of drug-likeness (QED) is 0.591. The molecule has 0 saturated carbocycles. The predicted molar refractivity (Wildman–Crippen MR) is 105 cm³/mol. The molecule has 1 unspecified atom stereocenters. The molecule has 3 heteroatoms. The first kappa shape index (κ1) is 17.4. The SMILES string of the molecule is CC.CC(C)C1Cc2ccccc2-c2nnn(C)c2-c2ccccc21. The molecule has 1 atom stereocenters. The second kappa shape index (κ2) is 7.22. The van der Waals surface area contributed by atoms with Crippen molar-refractivity contribution in [3.63, 3.8) is 0 Å². The predicted octanol–water partition coefficient (Wildman–Crippen LogP) is 5.47. The maximum atomic E-state index is 4.48. The summed E-state index contributed by atoms with van der Waals surface area (Å²) >= 11 is 0. The minimum absolute atomic E-state index is 0.496. The molecule has 3 aromatic rings. The molecule has 0 radical (unpaired) electrons. The monoisotopic (exact) mass is 333 g/mol. The lowest BCUT2D eigenvalue weighted by Gasteiger charge is -2.27. The lowest BCUT2D eigenvalue weighted by Crippen LogP contribution is -2.14. The minimum Gasteiger partial charge on any atom is -0.247 e. The molecule has 2 aromatic carbocycles. The third kappa shape index (κ3) is 2.99. The zero-order valence-electron chi connectivity index (χ0n) is 15.8. The molecule has 0 bridgehead atoms. The van der Waals surface area contributed by atoms with Gasteiger partial charge in [0.15, 0.2) is 0 Å². The van der Waals surface area contributed by atoms with Crippen LogP contribution in [0, 0.1) is 5.92 Å². The van der Waals surface area contributed by atoms with Gasteiger partial charge in [0.1, 0.15) is 5.69 Å². The van der Waals surface area contributed by atoms with E-state index < -0.39 is 0 Å². The Kier molecular flexibility index (Phi) is 5.03. The summed E-state index contributed by atoms with van der Waals surface area (Å²) in [6.45, 7) is 8.63. The van der Waals surface area contributed by atoms with Gasteiger partial charge >= 0.3 is 0 Å². The van der Waals surface area contributed by atoms with E-state index >= 15 is 0 Å². The van der Waals surface area contributed by atoms with Gasteiger partial charge in [-0.15, -0.1) is 5.10 Å². The van der Waals surface area contributed by atoms with E-state index in [1.165, 1.54) is 22.3 Å². The third-order valence-corrected chi connectivity index (χ3v) is 4.96. The fraction of sp³-hybridized carbons (Fsp3) is 0.364. The van der Waals surface area contributed by atoms with E-state index in [2.05, 4.69) is 72.7 Å². The Labute approximate surface area is 150 Å². The van der Waals surface area contributed by atoms with Gasteiger partial charge in [-0.25, -0.2) is 4.68 Å². The molecule has 1 aromatic heterocycles. The van der Waals surface area contributed by atoms with Gasteiger partial charge in [-0.05, 0) is 29.4 Å². The Morgan fingerprint density at radius 2 is 1.60 bits per heavy atom. The van der Waals surface area contributed by atoms with Crippen LogP contribution in [0.4, 0.5) is 0 Å². The Bertz CT molecular complexity index is 861. The van der Waals surface area contributed by atoms with E-state index in [1.54, 1.807) is 0 Å². The number of hydrogen-bond donors (Lipinski definition) is 0. The molecule has 0 spiro atoms. The minimum atomic E-state index is 0.496. The van der Waals surface area contributed by atoms with Crippen LogP contribution in [0.5, 0.6) is 0 Å². The molecule has 130 valence electrons. The van der Waals surface area contributed by atoms with E-state index in [0.29, 0.717) is 11.8 Å². The van der Waals surface area contributed by atoms with Gasteiger partial charge in [0, 0.05) is 18.2 Å². The molecule has 0 amide bonds. The zero-order chi connectivity index (χ0) is 18.0. The largest absolute Gasteiger partial charge is 0.247 e. The van der Waals surface area contributed by atoms with Crippen LogP contribution in [0.25, 0.3) is 22.5 Å². The van der Waals surface area contributed by atoms with Crippen molar-refractivity contribution in [1.29, 1.82) is 0 Å². The highest BCUT2D eigenvalue weighted by Crippen LogP contribution is 2.42. The van der Waals surface area contributed by atoms with Crippen molar-refractivity contribution in [2.45, 2.75) is 40.0 Å². The van der Waals surface area contributed by atoms with Crippen molar-refractivity contribution in [3.05, 3.63) is 59.7 Å². The molecule has 0 N–H and O–H groups in total. The molecule has 25 heavy (non-hydrogen) atoms. The van der Waals surface area contributed by atoms with Gasteiger partial charge in [-0.1, -0.05) is 81.4 Å². The summed E-state index contributed by atoms with van der Waals surface area (Å²) in [5.74, 6) is 1.07. The molecule has 1 aliphatic rings. The van der Waals surface area contributed by atoms with Crippen molar-refractivity contribution in [1.82, 2.24) is 15.0 Å². The van der Waals surface area contributed by atoms with Gasteiger partial charge in [0.05, 0.1) is 5.69 Å². The first-order chi connectivity index (χ1) is 12.2. The van der Waals surface area contributed by atoms with Gasteiger partial charge in [-0.3, -0.25) is 0 Å². The standard InChI is InChI=1S/C20H21N3.C2H6/c1-13(2)18-12-14-8-4-5-9-15(14)19-20(23(3)22-21-19)17-11-7-6-10-16(17)18;1-2/h4-11,13,18H,12H2,1-3H3;1-2H3. The number of rotatable bonds is 1. The summed E-state index contributed by atoms with van der Waals surface area (Å²) in [7, 11) is 1.98. The second-order valence-corrected chi connectivity index (χ2v) is 6.71. The van der Waals surface area contributed by atoms with Gasteiger partial charge < -0.3 is 0 Å².